The lowest BCUT2D eigenvalue weighted by Crippen LogP contribution is -2.13. The van der Waals surface area contributed by atoms with Gasteiger partial charge in [-0.1, -0.05) is 12.1 Å². The second kappa shape index (κ2) is 6.55. The van der Waals surface area contributed by atoms with Crippen LogP contribution in [0.1, 0.15) is 33.2 Å². The molecule has 0 aromatic heterocycles. The van der Waals surface area contributed by atoms with Crippen LogP contribution in [0.4, 0.5) is 11.4 Å². The van der Waals surface area contributed by atoms with Crippen LogP contribution < -0.4 is 10.6 Å². The second-order valence-electron chi connectivity index (χ2n) is 4.71. The molecule has 2 aromatic carbocycles. The molecule has 0 aliphatic heterocycles. The van der Waals surface area contributed by atoms with Gasteiger partial charge >= 0.3 is 0 Å². The highest BCUT2D eigenvalue weighted by Gasteiger charge is 2.10. The van der Waals surface area contributed by atoms with Gasteiger partial charge in [-0.15, -0.1) is 0 Å². The van der Waals surface area contributed by atoms with Crippen molar-refractivity contribution in [2.45, 2.75) is 6.92 Å². The summed E-state index contributed by atoms with van der Waals surface area (Å²) >= 11 is 0. The van der Waals surface area contributed by atoms with Crippen LogP contribution in [0.5, 0.6) is 0 Å². The number of nitriles is 1. The van der Waals surface area contributed by atoms with E-state index in [0.717, 1.165) is 5.69 Å². The standard InChI is InChI=1S/C17H15N3O2/c1-11(21)12-3-5-13(6-4-12)17(22)20-16-8-7-15(19-2)9-14(16)10-18/h3-9,19H,1-2H3,(H,20,22). The molecule has 0 aliphatic carbocycles. The monoisotopic (exact) mass is 293 g/mol. The van der Waals surface area contributed by atoms with Gasteiger partial charge in [-0.3, -0.25) is 9.59 Å². The quantitative estimate of drug-likeness (QED) is 0.849. The molecule has 5 nitrogen and oxygen atoms in total. The van der Waals surface area contributed by atoms with Crippen LogP contribution in [-0.2, 0) is 0 Å². The van der Waals surface area contributed by atoms with Crippen molar-refractivity contribution in [3.8, 4) is 6.07 Å². The van der Waals surface area contributed by atoms with Gasteiger partial charge in [0.1, 0.15) is 6.07 Å². The first kappa shape index (κ1) is 15.3. The fraction of sp³-hybridized carbons (Fsp3) is 0.118. The number of nitrogens with zero attached hydrogens (tertiary/aromatic N) is 1. The van der Waals surface area contributed by atoms with E-state index < -0.39 is 0 Å². The molecule has 0 aliphatic rings. The van der Waals surface area contributed by atoms with E-state index in [-0.39, 0.29) is 11.7 Å². The van der Waals surface area contributed by atoms with Crippen LogP contribution in [0.15, 0.2) is 42.5 Å². The molecule has 22 heavy (non-hydrogen) atoms. The summed E-state index contributed by atoms with van der Waals surface area (Å²) in [5.74, 6) is -0.384. The molecule has 0 heterocycles. The highest BCUT2D eigenvalue weighted by atomic mass is 16.1. The number of hydrogen-bond donors (Lipinski definition) is 2. The fourth-order valence-electron chi connectivity index (χ4n) is 1.95. The molecule has 2 N–H and O–H groups in total. The molecule has 0 saturated carbocycles. The highest BCUT2D eigenvalue weighted by molar-refractivity contribution is 6.05. The molecular formula is C17H15N3O2. The Kier molecular flexibility index (Phi) is 4.54. The van der Waals surface area contributed by atoms with E-state index in [1.54, 1.807) is 49.5 Å². The van der Waals surface area contributed by atoms with Crippen LogP contribution in [0.2, 0.25) is 0 Å². The number of ketones is 1. The van der Waals surface area contributed by atoms with E-state index >= 15 is 0 Å². The van der Waals surface area contributed by atoms with Crippen LogP contribution in [0, 0.1) is 11.3 Å². The number of Topliss-reactive ketones (excluding diaryl/α,β-unsaturated/α-hetero) is 1. The minimum absolute atomic E-state index is 0.0543. The molecule has 0 fully saturated rings. The summed E-state index contributed by atoms with van der Waals surface area (Å²) in [6.45, 7) is 1.47. The Morgan fingerprint density at radius 2 is 1.68 bits per heavy atom. The summed E-state index contributed by atoms with van der Waals surface area (Å²) in [4.78, 5) is 23.4. The zero-order chi connectivity index (χ0) is 16.1. The van der Waals surface area contributed by atoms with Crippen molar-refractivity contribution < 1.29 is 9.59 Å². The van der Waals surface area contributed by atoms with Gasteiger partial charge in [0.25, 0.3) is 5.91 Å². The van der Waals surface area contributed by atoms with E-state index in [9.17, 15) is 9.59 Å². The Labute approximate surface area is 128 Å². The second-order valence-corrected chi connectivity index (χ2v) is 4.71. The van der Waals surface area contributed by atoms with Crippen molar-refractivity contribution in [2.75, 3.05) is 17.7 Å². The number of nitrogens with one attached hydrogen (secondary N) is 2. The van der Waals surface area contributed by atoms with Crippen molar-refractivity contribution in [3.63, 3.8) is 0 Å². The molecular weight excluding hydrogens is 278 g/mol. The molecule has 0 saturated heterocycles. The summed E-state index contributed by atoms with van der Waals surface area (Å²) in [5.41, 5.74) is 2.59. The average molecular weight is 293 g/mol. The summed E-state index contributed by atoms with van der Waals surface area (Å²) < 4.78 is 0. The number of hydrogen-bond acceptors (Lipinski definition) is 4. The van der Waals surface area contributed by atoms with Crippen LogP contribution in [0.25, 0.3) is 0 Å². The molecule has 0 bridgehead atoms. The van der Waals surface area contributed by atoms with Gasteiger partial charge in [0.05, 0.1) is 11.3 Å². The van der Waals surface area contributed by atoms with Gasteiger partial charge in [-0.25, -0.2) is 0 Å². The minimum Gasteiger partial charge on any atom is -0.388 e. The SMILES string of the molecule is CNc1ccc(NC(=O)c2ccc(C(C)=O)cc2)c(C#N)c1. The van der Waals surface area contributed by atoms with Crippen LogP contribution >= 0.6 is 0 Å². The molecule has 1 amide bonds. The van der Waals surface area contributed by atoms with Gasteiger partial charge in [0, 0.05) is 23.9 Å². The lowest BCUT2D eigenvalue weighted by Gasteiger charge is -2.09. The summed E-state index contributed by atoms with van der Waals surface area (Å²) in [5, 5.41) is 14.8. The number of benzene rings is 2. The maximum Gasteiger partial charge on any atom is 0.255 e. The molecule has 2 aromatic rings. The zero-order valence-electron chi connectivity index (χ0n) is 12.3. The van der Waals surface area contributed by atoms with E-state index in [4.69, 9.17) is 5.26 Å². The third-order valence-electron chi connectivity index (χ3n) is 3.23. The smallest absolute Gasteiger partial charge is 0.255 e. The van der Waals surface area contributed by atoms with Gasteiger partial charge in [0.15, 0.2) is 5.78 Å². The van der Waals surface area contributed by atoms with Crippen molar-refractivity contribution in [3.05, 3.63) is 59.2 Å². The Morgan fingerprint density at radius 1 is 1.05 bits per heavy atom. The largest absolute Gasteiger partial charge is 0.388 e. The first-order chi connectivity index (χ1) is 10.5. The average Bonchev–Trinajstić information content (AvgIpc) is 2.55. The van der Waals surface area contributed by atoms with Crippen molar-refractivity contribution in [1.29, 1.82) is 5.26 Å². The number of anilines is 2. The summed E-state index contributed by atoms with van der Waals surface area (Å²) in [7, 11) is 1.76. The summed E-state index contributed by atoms with van der Waals surface area (Å²) in [6.07, 6.45) is 0. The molecule has 2 rings (SSSR count). The Hall–Kier alpha value is -3.13. The Bertz CT molecular complexity index is 758. The fourth-order valence-corrected chi connectivity index (χ4v) is 1.95. The van der Waals surface area contributed by atoms with Gasteiger partial charge in [0.2, 0.25) is 0 Å². The normalized spacial score (nSPS) is 9.68. The lowest BCUT2D eigenvalue weighted by molar-refractivity contribution is 0.101. The molecule has 0 radical (unpaired) electrons. The molecule has 0 spiro atoms. The van der Waals surface area contributed by atoms with Crippen molar-refractivity contribution >= 4 is 23.1 Å². The third kappa shape index (κ3) is 3.30. The first-order valence-electron chi connectivity index (χ1n) is 6.69. The zero-order valence-corrected chi connectivity index (χ0v) is 12.3. The molecule has 0 unspecified atom stereocenters. The Balaban J connectivity index is 2.22. The number of rotatable bonds is 4. The predicted octanol–water partition coefficient (Wildman–Crippen LogP) is 3.05. The number of carbonyl (C=O) groups is 2. The first-order valence-corrected chi connectivity index (χ1v) is 6.69. The number of amides is 1. The summed E-state index contributed by atoms with van der Waals surface area (Å²) in [6, 6.07) is 13.5. The molecule has 110 valence electrons. The highest BCUT2D eigenvalue weighted by Crippen LogP contribution is 2.20. The Morgan fingerprint density at radius 3 is 2.23 bits per heavy atom. The van der Waals surface area contributed by atoms with E-state index in [0.29, 0.717) is 22.4 Å². The van der Waals surface area contributed by atoms with E-state index in [1.165, 1.54) is 6.92 Å². The van der Waals surface area contributed by atoms with E-state index in [1.807, 2.05) is 0 Å². The van der Waals surface area contributed by atoms with Crippen molar-refractivity contribution in [1.82, 2.24) is 0 Å². The number of carbonyl (C=O) groups excluding carboxylic acids is 2. The van der Waals surface area contributed by atoms with Gasteiger partial charge in [-0.05, 0) is 37.3 Å². The third-order valence-corrected chi connectivity index (χ3v) is 3.23. The maximum atomic E-state index is 12.2. The van der Waals surface area contributed by atoms with Crippen molar-refractivity contribution in [2.24, 2.45) is 0 Å². The van der Waals surface area contributed by atoms with Gasteiger partial charge < -0.3 is 10.6 Å². The maximum absolute atomic E-state index is 12.2. The van der Waals surface area contributed by atoms with Gasteiger partial charge in [-0.2, -0.15) is 5.26 Å². The predicted molar refractivity (Wildman–Crippen MR) is 85.1 cm³/mol. The van der Waals surface area contributed by atoms with Crippen LogP contribution in [-0.4, -0.2) is 18.7 Å². The molecule has 0 atom stereocenters. The molecule has 5 heteroatoms. The lowest BCUT2D eigenvalue weighted by atomic mass is 10.1. The minimum atomic E-state index is -0.330. The van der Waals surface area contributed by atoms with Crippen LogP contribution in [0.3, 0.4) is 0 Å². The van der Waals surface area contributed by atoms with E-state index in [2.05, 4.69) is 16.7 Å². The topological polar surface area (TPSA) is 82.0 Å².